The molecule has 4 rings (SSSR count). The average molecular weight is 523 g/mol. The van der Waals surface area contributed by atoms with Crippen molar-refractivity contribution in [1.82, 2.24) is 0 Å². The summed E-state index contributed by atoms with van der Waals surface area (Å²) in [5.41, 5.74) is 3.51. The normalized spacial score (nSPS) is 16.7. The highest BCUT2D eigenvalue weighted by Crippen LogP contribution is 2.34. The Kier molecular flexibility index (Phi) is 9.60. The standard InChI is InChI=1S/C31H38O7/c1-32-26-14-23(15-27(18-26)33-2)10-11-38-29-9-7-22(17-31(29)36-5)13-25-20-37-19-24(25)12-21-6-8-28(34-3)30(16-21)35-4/h6-9,14-18,24-25H,10-13,19-20H2,1-5H3/t24-,25-/m0/s1. The van der Waals surface area contributed by atoms with Crippen LogP contribution in [0.4, 0.5) is 0 Å². The van der Waals surface area contributed by atoms with Gasteiger partial charge in [-0.25, -0.2) is 0 Å². The zero-order valence-electron chi connectivity index (χ0n) is 23.0. The lowest BCUT2D eigenvalue weighted by Gasteiger charge is -2.19. The van der Waals surface area contributed by atoms with Crippen LogP contribution in [0.3, 0.4) is 0 Å². The van der Waals surface area contributed by atoms with Gasteiger partial charge in [0, 0.05) is 12.5 Å². The van der Waals surface area contributed by atoms with Crippen molar-refractivity contribution in [3.8, 4) is 34.5 Å². The number of ether oxygens (including phenoxy) is 7. The fraction of sp³-hybridized carbons (Fsp3) is 0.419. The fourth-order valence-corrected chi connectivity index (χ4v) is 4.95. The minimum atomic E-state index is 0.419. The van der Waals surface area contributed by atoms with Crippen molar-refractivity contribution in [3.63, 3.8) is 0 Å². The van der Waals surface area contributed by atoms with Crippen molar-refractivity contribution in [3.05, 3.63) is 71.3 Å². The van der Waals surface area contributed by atoms with Crippen LogP contribution in [0.25, 0.3) is 0 Å². The molecule has 0 N–H and O–H groups in total. The first-order chi connectivity index (χ1) is 18.6. The molecule has 38 heavy (non-hydrogen) atoms. The third-order valence-corrected chi connectivity index (χ3v) is 7.06. The molecule has 0 unspecified atom stereocenters. The summed E-state index contributed by atoms with van der Waals surface area (Å²) >= 11 is 0. The van der Waals surface area contributed by atoms with E-state index in [-0.39, 0.29) is 0 Å². The molecule has 1 heterocycles. The second-order valence-electron chi connectivity index (χ2n) is 9.46. The molecule has 2 atom stereocenters. The minimum absolute atomic E-state index is 0.419. The van der Waals surface area contributed by atoms with Gasteiger partial charge in [-0.3, -0.25) is 0 Å². The predicted molar refractivity (Wildman–Crippen MR) is 146 cm³/mol. The van der Waals surface area contributed by atoms with E-state index in [9.17, 15) is 0 Å². The highest BCUT2D eigenvalue weighted by molar-refractivity contribution is 5.44. The van der Waals surface area contributed by atoms with Crippen molar-refractivity contribution in [2.24, 2.45) is 11.8 Å². The van der Waals surface area contributed by atoms with Crippen LogP contribution in [0.15, 0.2) is 54.6 Å². The average Bonchev–Trinajstić information content (AvgIpc) is 3.39. The predicted octanol–water partition coefficient (Wildman–Crippen LogP) is 5.40. The number of rotatable bonds is 13. The molecule has 0 amide bonds. The van der Waals surface area contributed by atoms with Crippen molar-refractivity contribution < 1.29 is 33.2 Å². The quantitative estimate of drug-likeness (QED) is 0.298. The SMILES string of the molecule is COc1cc(CCOc2ccc(C[C@H]3COC[C@@H]3Cc3ccc(OC)c(OC)c3)cc2OC)cc(OC)c1. The summed E-state index contributed by atoms with van der Waals surface area (Å²) in [6, 6.07) is 18.2. The van der Waals surface area contributed by atoms with E-state index in [0.717, 1.165) is 72.5 Å². The first-order valence-electron chi connectivity index (χ1n) is 12.9. The molecule has 1 aliphatic heterocycles. The molecule has 0 bridgehead atoms. The molecular formula is C31H38O7. The smallest absolute Gasteiger partial charge is 0.161 e. The van der Waals surface area contributed by atoms with Crippen LogP contribution in [0.2, 0.25) is 0 Å². The van der Waals surface area contributed by atoms with Gasteiger partial charge in [-0.1, -0.05) is 12.1 Å². The Hall–Kier alpha value is -3.58. The molecule has 0 radical (unpaired) electrons. The highest BCUT2D eigenvalue weighted by Gasteiger charge is 2.29. The maximum atomic E-state index is 6.09. The monoisotopic (exact) mass is 522 g/mol. The molecule has 0 aromatic heterocycles. The van der Waals surface area contributed by atoms with E-state index in [1.807, 2.05) is 30.3 Å². The van der Waals surface area contributed by atoms with Crippen LogP contribution in [-0.2, 0) is 24.0 Å². The van der Waals surface area contributed by atoms with E-state index in [2.05, 4.69) is 24.3 Å². The molecule has 0 saturated carbocycles. The van der Waals surface area contributed by atoms with Crippen molar-refractivity contribution in [2.45, 2.75) is 19.3 Å². The Morgan fingerprint density at radius 3 is 1.63 bits per heavy atom. The van der Waals surface area contributed by atoms with Gasteiger partial charge in [0.25, 0.3) is 0 Å². The lowest BCUT2D eigenvalue weighted by atomic mass is 9.85. The van der Waals surface area contributed by atoms with Gasteiger partial charge in [-0.2, -0.15) is 0 Å². The van der Waals surface area contributed by atoms with Crippen LogP contribution in [0, 0.1) is 11.8 Å². The van der Waals surface area contributed by atoms with Gasteiger partial charge >= 0.3 is 0 Å². The second kappa shape index (κ2) is 13.3. The third kappa shape index (κ3) is 6.84. The number of hydrogen-bond acceptors (Lipinski definition) is 7. The Bertz CT molecular complexity index is 1170. The third-order valence-electron chi connectivity index (χ3n) is 7.06. The molecule has 3 aromatic rings. The van der Waals surface area contributed by atoms with Crippen LogP contribution in [-0.4, -0.2) is 55.4 Å². The summed E-state index contributed by atoms with van der Waals surface area (Å²) in [6.45, 7) is 2.02. The maximum absolute atomic E-state index is 6.09. The summed E-state index contributed by atoms with van der Waals surface area (Å²) in [5, 5.41) is 0. The minimum Gasteiger partial charge on any atom is -0.497 e. The summed E-state index contributed by atoms with van der Waals surface area (Å²) in [5.74, 6) is 5.34. The summed E-state index contributed by atoms with van der Waals surface area (Å²) in [6.07, 6.45) is 2.56. The van der Waals surface area contributed by atoms with E-state index >= 15 is 0 Å². The van der Waals surface area contributed by atoms with Gasteiger partial charge in [-0.15, -0.1) is 0 Å². The van der Waals surface area contributed by atoms with Crippen molar-refractivity contribution in [1.29, 1.82) is 0 Å². The zero-order valence-corrected chi connectivity index (χ0v) is 23.0. The molecule has 1 saturated heterocycles. The van der Waals surface area contributed by atoms with E-state index in [4.69, 9.17) is 33.2 Å². The zero-order chi connectivity index (χ0) is 26.9. The van der Waals surface area contributed by atoms with Gasteiger partial charge in [0.05, 0.1) is 55.4 Å². The maximum Gasteiger partial charge on any atom is 0.161 e. The fourth-order valence-electron chi connectivity index (χ4n) is 4.95. The van der Waals surface area contributed by atoms with E-state index in [0.29, 0.717) is 18.4 Å². The number of methoxy groups -OCH3 is 5. The van der Waals surface area contributed by atoms with E-state index < -0.39 is 0 Å². The Balaban J connectivity index is 1.37. The largest absolute Gasteiger partial charge is 0.497 e. The molecule has 7 heteroatoms. The first-order valence-corrected chi connectivity index (χ1v) is 12.9. The van der Waals surface area contributed by atoms with Crippen molar-refractivity contribution >= 4 is 0 Å². The second-order valence-corrected chi connectivity index (χ2v) is 9.46. The van der Waals surface area contributed by atoms with Gasteiger partial charge in [0.1, 0.15) is 11.5 Å². The van der Waals surface area contributed by atoms with Crippen LogP contribution in [0.1, 0.15) is 16.7 Å². The summed E-state index contributed by atoms with van der Waals surface area (Å²) < 4.78 is 39.2. The van der Waals surface area contributed by atoms with Crippen LogP contribution < -0.4 is 28.4 Å². The molecule has 7 nitrogen and oxygen atoms in total. The Labute approximate surface area is 225 Å². The van der Waals surface area contributed by atoms with Crippen LogP contribution in [0.5, 0.6) is 34.5 Å². The van der Waals surface area contributed by atoms with Gasteiger partial charge < -0.3 is 33.2 Å². The van der Waals surface area contributed by atoms with Gasteiger partial charge in [-0.05, 0) is 77.8 Å². The number of hydrogen-bond donors (Lipinski definition) is 0. The van der Waals surface area contributed by atoms with Crippen LogP contribution >= 0.6 is 0 Å². The lowest BCUT2D eigenvalue weighted by molar-refractivity contribution is 0.180. The Morgan fingerprint density at radius 1 is 0.579 bits per heavy atom. The molecule has 1 aliphatic rings. The van der Waals surface area contributed by atoms with E-state index in [1.54, 1.807) is 35.5 Å². The van der Waals surface area contributed by atoms with Crippen molar-refractivity contribution in [2.75, 3.05) is 55.4 Å². The lowest BCUT2D eigenvalue weighted by Crippen LogP contribution is -2.17. The van der Waals surface area contributed by atoms with Gasteiger partial charge in [0.2, 0.25) is 0 Å². The van der Waals surface area contributed by atoms with E-state index in [1.165, 1.54) is 11.1 Å². The highest BCUT2D eigenvalue weighted by atomic mass is 16.5. The molecule has 3 aromatic carbocycles. The van der Waals surface area contributed by atoms with Gasteiger partial charge in [0.15, 0.2) is 23.0 Å². The molecule has 0 aliphatic carbocycles. The molecule has 0 spiro atoms. The molecular weight excluding hydrogens is 484 g/mol. The first kappa shape index (κ1) is 27.5. The molecule has 1 fully saturated rings. The number of benzene rings is 3. The topological polar surface area (TPSA) is 64.6 Å². The summed E-state index contributed by atoms with van der Waals surface area (Å²) in [7, 11) is 8.30. The molecule has 204 valence electrons. The Morgan fingerprint density at radius 2 is 1.11 bits per heavy atom. The summed E-state index contributed by atoms with van der Waals surface area (Å²) in [4.78, 5) is 0.